The fourth-order valence-electron chi connectivity index (χ4n) is 5.11. The minimum absolute atomic E-state index is 0.0232. The second-order valence-electron chi connectivity index (χ2n) is 9.37. The third kappa shape index (κ3) is 4.59. The van der Waals surface area contributed by atoms with Gasteiger partial charge in [0.25, 0.3) is 0 Å². The smallest absolute Gasteiger partial charge is 0.192 e. The highest BCUT2D eigenvalue weighted by Gasteiger charge is 2.47. The van der Waals surface area contributed by atoms with E-state index in [-0.39, 0.29) is 52.7 Å². The number of halogens is 1. The summed E-state index contributed by atoms with van der Waals surface area (Å²) in [7, 11) is 0. The molecule has 2 aliphatic rings. The van der Waals surface area contributed by atoms with Gasteiger partial charge in [0.2, 0.25) is 0 Å². The van der Waals surface area contributed by atoms with E-state index in [0.29, 0.717) is 13.0 Å². The van der Waals surface area contributed by atoms with Gasteiger partial charge in [-0.25, -0.2) is 4.39 Å². The molecule has 2 aromatic rings. The number of carbonyl (C=O) groups is 2. The van der Waals surface area contributed by atoms with Crippen LogP contribution in [0.15, 0.2) is 66.3 Å². The number of aliphatic hydroxyl groups is 2. The van der Waals surface area contributed by atoms with Crippen molar-refractivity contribution >= 4 is 11.6 Å². The molecule has 0 radical (unpaired) electrons. The topological polar surface area (TPSA) is 107 Å². The van der Waals surface area contributed by atoms with E-state index in [1.807, 2.05) is 0 Å². The molecule has 2 aromatic carbocycles. The number of phenols is 1. The molecule has 0 spiro atoms. The van der Waals surface area contributed by atoms with Gasteiger partial charge in [0.15, 0.2) is 11.6 Å². The van der Waals surface area contributed by atoms with E-state index >= 15 is 0 Å². The highest BCUT2D eigenvalue weighted by Crippen LogP contribution is 2.46. The molecule has 1 unspecified atom stereocenters. The summed E-state index contributed by atoms with van der Waals surface area (Å²) in [6.07, 6.45) is 5.97. The van der Waals surface area contributed by atoms with E-state index in [2.05, 4.69) is 5.32 Å². The van der Waals surface area contributed by atoms with Crippen LogP contribution in [0.5, 0.6) is 5.75 Å². The van der Waals surface area contributed by atoms with Gasteiger partial charge in [-0.15, -0.1) is 0 Å². The SMILES string of the molecule is Cc1c(F)cccc1[C@@]1(O)C=C[C@](CCO)(C(=O)C2CCCNC2)C=C1C(=O)c1ccc(O)cc1. The Labute approximate surface area is 203 Å². The molecule has 0 amide bonds. The fourth-order valence-corrected chi connectivity index (χ4v) is 5.11. The predicted molar refractivity (Wildman–Crippen MR) is 129 cm³/mol. The first-order valence-electron chi connectivity index (χ1n) is 11.8. The van der Waals surface area contributed by atoms with Gasteiger partial charge < -0.3 is 20.6 Å². The Kier molecular flexibility index (Phi) is 7.03. The maximum Gasteiger partial charge on any atom is 0.192 e. The van der Waals surface area contributed by atoms with E-state index in [1.54, 1.807) is 12.1 Å². The monoisotopic (exact) mass is 479 g/mol. The predicted octanol–water partition coefficient (Wildman–Crippen LogP) is 3.34. The van der Waals surface area contributed by atoms with Crippen LogP contribution in [0.25, 0.3) is 0 Å². The highest BCUT2D eigenvalue weighted by molar-refractivity contribution is 6.11. The average molecular weight is 480 g/mol. The molecule has 184 valence electrons. The Morgan fingerprint density at radius 1 is 1.14 bits per heavy atom. The van der Waals surface area contributed by atoms with Gasteiger partial charge in [0.05, 0.1) is 5.41 Å². The van der Waals surface area contributed by atoms with E-state index in [1.165, 1.54) is 55.5 Å². The number of hydrogen-bond acceptors (Lipinski definition) is 6. The van der Waals surface area contributed by atoms with Crippen LogP contribution in [0.1, 0.15) is 40.7 Å². The molecule has 0 saturated carbocycles. The lowest BCUT2D eigenvalue weighted by molar-refractivity contribution is -0.129. The molecule has 35 heavy (non-hydrogen) atoms. The molecule has 1 aliphatic carbocycles. The Bertz CT molecular complexity index is 1180. The second kappa shape index (κ2) is 9.85. The lowest BCUT2D eigenvalue weighted by atomic mass is 9.65. The third-order valence-electron chi connectivity index (χ3n) is 7.14. The standard InChI is InChI=1S/C28H30FNO5/c1-18-22(5-2-6-24(18)29)28(35)12-11-27(13-15-31,26(34)20-4-3-14-30-17-20)16-23(28)25(33)19-7-9-21(32)10-8-19/h2,5-12,16,20,30-32,35H,3-4,13-15,17H2,1H3/t20?,27-,28+/m1/s1. The summed E-state index contributed by atoms with van der Waals surface area (Å²) in [4.78, 5) is 27.5. The molecule has 4 rings (SSSR count). The van der Waals surface area contributed by atoms with Gasteiger partial charge in [-0.05, 0) is 80.3 Å². The van der Waals surface area contributed by atoms with Crippen molar-refractivity contribution in [1.82, 2.24) is 5.32 Å². The lowest BCUT2D eigenvalue weighted by Crippen LogP contribution is -2.45. The highest BCUT2D eigenvalue weighted by atomic mass is 19.1. The minimum Gasteiger partial charge on any atom is -0.508 e. The molecule has 0 aromatic heterocycles. The Balaban J connectivity index is 1.89. The number of ketones is 2. The summed E-state index contributed by atoms with van der Waals surface area (Å²) >= 11 is 0. The molecular formula is C28H30FNO5. The van der Waals surface area contributed by atoms with Gasteiger partial charge in [-0.1, -0.05) is 24.3 Å². The van der Waals surface area contributed by atoms with Crippen LogP contribution in [0.2, 0.25) is 0 Å². The van der Waals surface area contributed by atoms with Gasteiger partial charge in [-0.2, -0.15) is 0 Å². The maximum absolute atomic E-state index is 14.5. The molecular weight excluding hydrogens is 449 g/mol. The van der Waals surface area contributed by atoms with E-state index in [9.17, 15) is 29.3 Å². The molecule has 1 fully saturated rings. The zero-order valence-electron chi connectivity index (χ0n) is 19.6. The van der Waals surface area contributed by atoms with Crippen LogP contribution in [-0.4, -0.2) is 46.6 Å². The summed E-state index contributed by atoms with van der Waals surface area (Å²) in [5, 5.41) is 34.7. The zero-order valence-corrected chi connectivity index (χ0v) is 19.6. The molecule has 1 aliphatic heterocycles. The van der Waals surface area contributed by atoms with Gasteiger partial charge in [0, 0.05) is 30.2 Å². The van der Waals surface area contributed by atoms with Crippen LogP contribution < -0.4 is 5.32 Å². The van der Waals surface area contributed by atoms with E-state index < -0.39 is 22.6 Å². The molecule has 0 bridgehead atoms. The molecule has 1 saturated heterocycles. The number of nitrogens with one attached hydrogen (secondary N) is 1. The lowest BCUT2D eigenvalue weighted by Gasteiger charge is -2.39. The number of hydrogen-bond donors (Lipinski definition) is 4. The minimum atomic E-state index is -1.99. The van der Waals surface area contributed by atoms with Crippen LogP contribution in [-0.2, 0) is 10.4 Å². The van der Waals surface area contributed by atoms with Crippen molar-refractivity contribution in [3.63, 3.8) is 0 Å². The van der Waals surface area contributed by atoms with E-state index in [0.717, 1.165) is 13.0 Å². The van der Waals surface area contributed by atoms with Crippen LogP contribution in [0, 0.1) is 24.1 Å². The second-order valence-corrected chi connectivity index (χ2v) is 9.37. The van der Waals surface area contributed by atoms with Crippen molar-refractivity contribution < 1.29 is 29.3 Å². The summed E-state index contributed by atoms with van der Waals surface area (Å²) in [6, 6.07) is 9.85. The molecule has 4 N–H and O–H groups in total. The largest absolute Gasteiger partial charge is 0.508 e. The Hall–Kier alpha value is -3.13. The quantitative estimate of drug-likeness (QED) is 0.359. The van der Waals surface area contributed by atoms with Crippen molar-refractivity contribution in [1.29, 1.82) is 0 Å². The number of carbonyl (C=O) groups excluding carboxylic acids is 2. The number of benzene rings is 2. The van der Waals surface area contributed by atoms with Crippen LogP contribution >= 0.6 is 0 Å². The summed E-state index contributed by atoms with van der Waals surface area (Å²) in [5.41, 5.74) is -2.82. The zero-order chi connectivity index (χ0) is 25.2. The fraction of sp³-hybridized carbons (Fsp3) is 0.357. The number of rotatable bonds is 7. The van der Waals surface area contributed by atoms with Gasteiger partial charge in [0.1, 0.15) is 17.2 Å². The average Bonchev–Trinajstić information content (AvgIpc) is 2.87. The first kappa shape index (κ1) is 25.0. The van der Waals surface area contributed by atoms with Crippen molar-refractivity contribution in [3.05, 3.63) is 88.8 Å². The molecule has 3 atom stereocenters. The van der Waals surface area contributed by atoms with Gasteiger partial charge >= 0.3 is 0 Å². The van der Waals surface area contributed by atoms with Crippen molar-refractivity contribution in [2.24, 2.45) is 11.3 Å². The van der Waals surface area contributed by atoms with Crippen molar-refractivity contribution in [3.8, 4) is 5.75 Å². The summed E-state index contributed by atoms with van der Waals surface area (Å²) in [5.74, 6) is -1.55. The van der Waals surface area contributed by atoms with Crippen molar-refractivity contribution in [2.45, 2.75) is 31.8 Å². The first-order chi connectivity index (χ1) is 16.7. The number of aliphatic hydroxyl groups excluding tert-OH is 1. The summed E-state index contributed by atoms with van der Waals surface area (Å²) in [6.45, 7) is 2.55. The molecule has 7 heteroatoms. The Morgan fingerprint density at radius 3 is 2.54 bits per heavy atom. The Morgan fingerprint density at radius 2 is 1.89 bits per heavy atom. The number of piperidine rings is 1. The number of allylic oxidation sites excluding steroid dienone is 2. The normalized spacial score (nSPS) is 26.3. The van der Waals surface area contributed by atoms with Crippen molar-refractivity contribution in [2.75, 3.05) is 19.7 Å². The van der Waals surface area contributed by atoms with Crippen LogP contribution in [0.4, 0.5) is 4.39 Å². The first-order valence-corrected chi connectivity index (χ1v) is 11.8. The summed E-state index contributed by atoms with van der Waals surface area (Å²) < 4.78 is 14.5. The number of Topliss-reactive ketones (excluding diaryl/α,β-unsaturated/α-hetero) is 2. The molecule has 1 heterocycles. The van der Waals surface area contributed by atoms with E-state index in [4.69, 9.17) is 0 Å². The van der Waals surface area contributed by atoms with Crippen LogP contribution in [0.3, 0.4) is 0 Å². The maximum atomic E-state index is 14.5. The number of aromatic hydroxyl groups is 1. The van der Waals surface area contributed by atoms with Gasteiger partial charge in [-0.3, -0.25) is 9.59 Å². The third-order valence-corrected chi connectivity index (χ3v) is 7.14. The molecule has 6 nitrogen and oxygen atoms in total. The number of phenolic OH excluding ortho intramolecular Hbond substituents is 1.